The van der Waals surface area contributed by atoms with E-state index in [1.165, 1.54) is 19.5 Å². The van der Waals surface area contributed by atoms with E-state index in [1.54, 1.807) is 18.7 Å². The van der Waals surface area contributed by atoms with E-state index in [1.807, 2.05) is 48.5 Å². The summed E-state index contributed by atoms with van der Waals surface area (Å²) in [5, 5.41) is 3.20. The van der Waals surface area contributed by atoms with E-state index in [2.05, 4.69) is 10.2 Å². The predicted octanol–water partition coefficient (Wildman–Crippen LogP) is 3.86. The average Bonchev–Trinajstić information content (AvgIpc) is 3.01. The molecule has 2 heterocycles. The van der Waals surface area contributed by atoms with Crippen LogP contribution in [0.3, 0.4) is 0 Å². The minimum atomic E-state index is 0.00295. The SMILES string of the molecule is CC(=O)c1ccccc1Sc1ccc(C(=O)NC2CC3CCN(C3)C2)cc1. The van der Waals surface area contributed by atoms with Gasteiger partial charge in [0.15, 0.2) is 5.78 Å². The van der Waals surface area contributed by atoms with Gasteiger partial charge < -0.3 is 10.2 Å². The highest BCUT2D eigenvalue weighted by atomic mass is 32.2. The Morgan fingerprint density at radius 1 is 1.07 bits per heavy atom. The Morgan fingerprint density at radius 3 is 2.59 bits per heavy atom. The number of piperidine rings is 1. The molecule has 1 N–H and O–H groups in total. The highest BCUT2D eigenvalue weighted by Crippen LogP contribution is 2.31. The first-order valence-electron chi connectivity index (χ1n) is 9.49. The molecule has 0 spiro atoms. The minimum Gasteiger partial charge on any atom is -0.348 e. The molecule has 0 aromatic heterocycles. The fourth-order valence-electron chi connectivity index (χ4n) is 4.08. The normalized spacial score (nSPS) is 23.8. The van der Waals surface area contributed by atoms with Crippen molar-refractivity contribution in [2.45, 2.75) is 35.6 Å². The lowest BCUT2D eigenvalue weighted by Gasteiger charge is -2.30. The van der Waals surface area contributed by atoms with Gasteiger partial charge in [0.1, 0.15) is 0 Å². The molecule has 2 aromatic rings. The summed E-state index contributed by atoms with van der Waals surface area (Å²) in [5.41, 5.74) is 1.42. The largest absolute Gasteiger partial charge is 0.348 e. The molecule has 1 amide bonds. The molecule has 140 valence electrons. The fraction of sp³-hybridized carbons (Fsp3) is 0.364. The van der Waals surface area contributed by atoms with Crippen LogP contribution in [0.15, 0.2) is 58.3 Å². The lowest BCUT2D eigenvalue weighted by molar-refractivity contribution is 0.0908. The highest BCUT2D eigenvalue weighted by Gasteiger charge is 2.32. The first-order chi connectivity index (χ1) is 13.1. The number of amides is 1. The average molecular weight is 381 g/mol. The van der Waals surface area contributed by atoms with Crippen LogP contribution in [0.1, 0.15) is 40.5 Å². The van der Waals surface area contributed by atoms with Crippen molar-refractivity contribution >= 4 is 23.5 Å². The minimum absolute atomic E-state index is 0.00295. The summed E-state index contributed by atoms with van der Waals surface area (Å²) in [7, 11) is 0. The number of Topliss-reactive ketones (excluding diaryl/α,β-unsaturated/α-hetero) is 1. The predicted molar refractivity (Wildman–Crippen MR) is 107 cm³/mol. The maximum atomic E-state index is 12.6. The molecule has 2 aromatic carbocycles. The van der Waals surface area contributed by atoms with Gasteiger partial charge in [-0.1, -0.05) is 30.0 Å². The van der Waals surface area contributed by atoms with Gasteiger partial charge in [0.05, 0.1) is 0 Å². The maximum Gasteiger partial charge on any atom is 0.251 e. The van der Waals surface area contributed by atoms with Crippen molar-refractivity contribution in [1.29, 1.82) is 0 Å². The van der Waals surface area contributed by atoms with Crippen LogP contribution in [-0.4, -0.2) is 42.3 Å². The van der Waals surface area contributed by atoms with Crippen molar-refractivity contribution in [1.82, 2.24) is 10.2 Å². The Bertz CT molecular complexity index is 838. The fourth-order valence-corrected chi connectivity index (χ4v) is 5.08. The van der Waals surface area contributed by atoms with Gasteiger partial charge in [-0.3, -0.25) is 9.59 Å². The van der Waals surface area contributed by atoms with E-state index in [4.69, 9.17) is 0 Å². The molecule has 4 nitrogen and oxygen atoms in total. The first-order valence-corrected chi connectivity index (χ1v) is 10.3. The number of ketones is 1. The Balaban J connectivity index is 1.40. The van der Waals surface area contributed by atoms with Gasteiger partial charge in [-0.05, 0) is 62.6 Å². The van der Waals surface area contributed by atoms with Crippen molar-refractivity contribution in [2.75, 3.05) is 19.6 Å². The Hall–Kier alpha value is -2.11. The maximum absolute atomic E-state index is 12.6. The van der Waals surface area contributed by atoms with Gasteiger partial charge in [0.2, 0.25) is 0 Å². The quantitative estimate of drug-likeness (QED) is 0.800. The Labute approximate surface area is 164 Å². The molecule has 3 unspecified atom stereocenters. The number of carbonyl (C=O) groups excluding carboxylic acids is 2. The molecule has 27 heavy (non-hydrogen) atoms. The number of benzene rings is 2. The number of nitrogens with zero attached hydrogens (tertiary/aromatic N) is 1. The van der Waals surface area contributed by atoms with Crippen molar-refractivity contribution in [3.8, 4) is 0 Å². The van der Waals surface area contributed by atoms with Crippen LogP contribution < -0.4 is 5.32 Å². The number of fused-ring (bicyclic) bond motifs is 2. The van der Waals surface area contributed by atoms with Crippen LogP contribution in [0.25, 0.3) is 0 Å². The van der Waals surface area contributed by atoms with Gasteiger partial charge in [-0.25, -0.2) is 0 Å². The Morgan fingerprint density at radius 2 is 1.85 bits per heavy atom. The van der Waals surface area contributed by atoms with E-state index in [9.17, 15) is 9.59 Å². The lowest BCUT2D eigenvalue weighted by Crippen LogP contribution is -2.47. The van der Waals surface area contributed by atoms with Crippen molar-refractivity contribution in [3.63, 3.8) is 0 Å². The molecule has 0 saturated carbocycles. The molecule has 5 heteroatoms. The summed E-state index contributed by atoms with van der Waals surface area (Å²) in [6.45, 7) is 4.92. The molecular weight excluding hydrogens is 356 g/mol. The number of carbonyl (C=O) groups is 2. The van der Waals surface area contributed by atoms with Crippen LogP contribution in [0.4, 0.5) is 0 Å². The summed E-state index contributed by atoms with van der Waals surface area (Å²) >= 11 is 1.55. The van der Waals surface area contributed by atoms with Gasteiger partial charge in [-0.15, -0.1) is 0 Å². The number of hydrogen-bond donors (Lipinski definition) is 1. The number of nitrogens with one attached hydrogen (secondary N) is 1. The second kappa shape index (κ2) is 7.87. The van der Waals surface area contributed by atoms with E-state index in [-0.39, 0.29) is 17.7 Å². The van der Waals surface area contributed by atoms with Gasteiger partial charge in [0.25, 0.3) is 5.91 Å². The third-order valence-corrected chi connectivity index (χ3v) is 6.50. The van der Waals surface area contributed by atoms with Crippen molar-refractivity contribution in [2.24, 2.45) is 5.92 Å². The topological polar surface area (TPSA) is 49.4 Å². The monoisotopic (exact) mass is 380 g/mol. The molecular formula is C22H24N2O2S. The molecule has 2 bridgehead atoms. The van der Waals surface area contributed by atoms with E-state index in [0.29, 0.717) is 5.56 Å². The standard InChI is InChI=1S/C22H24N2O2S/c1-15(25)20-4-2-3-5-21(20)27-19-8-6-17(7-9-19)22(26)23-18-12-16-10-11-24(13-16)14-18/h2-9,16,18H,10-14H2,1H3,(H,23,26). The van der Waals surface area contributed by atoms with Gasteiger partial charge in [-0.2, -0.15) is 0 Å². The van der Waals surface area contributed by atoms with Gasteiger partial charge in [0, 0.05) is 40.0 Å². The van der Waals surface area contributed by atoms with Gasteiger partial charge >= 0.3 is 0 Å². The van der Waals surface area contributed by atoms with Crippen LogP contribution >= 0.6 is 11.8 Å². The third kappa shape index (κ3) is 4.25. The Kier molecular flexibility index (Phi) is 5.32. The summed E-state index contributed by atoms with van der Waals surface area (Å²) < 4.78 is 0. The zero-order valence-electron chi connectivity index (χ0n) is 15.5. The molecule has 2 aliphatic rings. The zero-order chi connectivity index (χ0) is 18.8. The zero-order valence-corrected chi connectivity index (χ0v) is 16.3. The molecule has 0 aliphatic carbocycles. The second-order valence-corrected chi connectivity index (χ2v) is 8.61. The van der Waals surface area contributed by atoms with Crippen molar-refractivity contribution in [3.05, 3.63) is 59.7 Å². The van der Waals surface area contributed by atoms with Crippen LogP contribution in [0.5, 0.6) is 0 Å². The second-order valence-electron chi connectivity index (χ2n) is 7.50. The van der Waals surface area contributed by atoms with E-state index >= 15 is 0 Å². The molecule has 3 atom stereocenters. The summed E-state index contributed by atoms with van der Waals surface area (Å²) in [4.78, 5) is 28.8. The van der Waals surface area contributed by atoms with E-state index < -0.39 is 0 Å². The lowest BCUT2D eigenvalue weighted by atomic mass is 9.96. The number of hydrogen-bond acceptors (Lipinski definition) is 4. The number of rotatable bonds is 5. The molecule has 4 rings (SSSR count). The van der Waals surface area contributed by atoms with E-state index in [0.717, 1.165) is 34.2 Å². The summed E-state index contributed by atoms with van der Waals surface area (Å²) in [5.74, 6) is 0.804. The molecule has 2 fully saturated rings. The van der Waals surface area contributed by atoms with Crippen LogP contribution in [0.2, 0.25) is 0 Å². The summed E-state index contributed by atoms with van der Waals surface area (Å²) in [6, 6.07) is 15.5. The third-order valence-electron chi connectivity index (χ3n) is 5.41. The summed E-state index contributed by atoms with van der Waals surface area (Å²) in [6.07, 6.45) is 2.36. The van der Waals surface area contributed by atoms with Crippen LogP contribution in [0, 0.1) is 5.92 Å². The van der Waals surface area contributed by atoms with Crippen LogP contribution in [-0.2, 0) is 0 Å². The molecule has 0 radical (unpaired) electrons. The molecule has 2 aliphatic heterocycles. The first kappa shape index (κ1) is 18.3. The molecule has 2 saturated heterocycles. The van der Waals surface area contributed by atoms with Crippen molar-refractivity contribution < 1.29 is 9.59 Å². The highest BCUT2D eigenvalue weighted by molar-refractivity contribution is 7.99. The smallest absolute Gasteiger partial charge is 0.251 e.